The Morgan fingerprint density at radius 1 is 1.46 bits per heavy atom. The van der Waals surface area contributed by atoms with Crippen LogP contribution in [0.4, 0.5) is 11.4 Å². The molecule has 1 aliphatic heterocycles. The summed E-state index contributed by atoms with van der Waals surface area (Å²) in [5.41, 5.74) is 3.35. The number of likely N-dealkylation sites (N-methyl/N-ethyl adjacent to an activating group) is 1. The molecule has 0 amide bonds. The second kappa shape index (κ2) is 2.83. The summed E-state index contributed by atoms with van der Waals surface area (Å²) in [6.07, 6.45) is 0. The van der Waals surface area contributed by atoms with Gasteiger partial charge in [-0.1, -0.05) is 0 Å². The molecule has 1 aromatic rings. The summed E-state index contributed by atoms with van der Waals surface area (Å²) in [5, 5.41) is 12.7. The summed E-state index contributed by atoms with van der Waals surface area (Å²) >= 11 is 0. The smallest absolute Gasteiger partial charge is 0.118 e. The van der Waals surface area contributed by atoms with Crippen LogP contribution >= 0.6 is 0 Å². The fraction of sp³-hybridized carbons (Fsp3) is 0.400. The zero-order chi connectivity index (χ0) is 9.42. The Hall–Kier alpha value is -1.38. The molecule has 0 radical (unpaired) electrons. The van der Waals surface area contributed by atoms with E-state index < -0.39 is 0 Å². The lowest BCUT2D eigenvalue weighted by atomic mass is 10.1. The number of aromatic hydroxyl groups is 1. The molecule has 2 N–H and O–H groups in total. The molecule has 0 bridgehead atoms. The van der Waals surface area contributed by atoms with Crippen molar-refractivity contribution in [3.8, 4) is 5.75 Å². The molecule has 70 valence electrons. The predicted octanol–water partition coefficient (Wildman–Crippen LogP) is 1.56. The second-order valence-electron chi connectivity index (χ2n) is 3.51. The molecule has 1 heterocycles. The van der Waals surface area contributed by atoms with Gasteiger partial charge in [0.2, 0.25) is 0 Å². The van der Waals surface area contributed by atoms with Gasteiger partial charge in [0.25, 0.3) is 0 Å². The number of rotatable bonds is 0. The summed E-state index contributed by atoms with van der Waals surface area (Å²) in [7, 11) is 2.07. The highest BCUT2D eigenvalue weighted by atomic mass is 16.3. The van der Waals surface area contributed by atoms with E-state index in [4.69, 9.17) is 0 Å². The van der Waals surface area contributed by atoms with E-state index in [9.17, 15) is 5.11 Å². The van der Waals surface area contributed by atoms with Gasteiger partial charge in [-0.3, -0.25) is 0 Å². The first-order chi connectivity index (χ1) is 6.18. The van der Waals surface area contributed by atoms with Crippen LogP contribution in [0.1, 0.15) is 5.56 Å². The first-order valence-electron chi connectivity index (χ1n) is 4.47. The van der Waals surface area contributed by atoms with E-state index in [1.54, 1.807) is 12.1 Å². The monoisotopic (exact) mass is 178 g/mol. The van der Waals surface area contributed by atoms with Crippen molar-refractivity contribution in [1.29, 1.82) is 0 Å². The normalized spacial score (nSPS) is 15.1. The minimum Gasteiger partial charge on any atom is -0.508 e. The molecule has 13 heavy (non-hydrogen) atoms. The van der Waals surface area contributed by atoms with E-state index >= 15 is 0 Å². The Kier molecular flexibility index (Phi) is 1.79. The third-order valence-corrected chi connectivity index (χ3v) is 2.43. The summed E-state index contributed by atoms with van der Waals surface area (Å²) < 4.78 is 0. The first-order valence-corrected chi connectivity index (χ1v) is 4.47. The van der Waals surface area contributed by atoms with Crippen molar-refractivity contribution in [3.63, 3.8) is 0 Å². The lowest BCUT2D eigenvalue weighted by Gasteiger charge is -2.30. The third-order valence-electron chi connectivity index (χ3n) is 2.43. The highest BCUT2D eigenvalue weighted by molar-refractivity contribution is 5.76. The van der Waals surface area contributed by atoms with Crippen molar-refractivity contribution in [1.82, 2.24) is 0 Å². The molecule has 0 spiro atoms. The first kappa shape index (κ1) is 8.23. The van der Waals surface area contributed by atoms with Crippen molar-refractivity contribution < 1.29 is 5.11 Å². The Bertz CT molecular complexity index is 336. The number of hydrogen-bond acceptors (Lipinski definition) is 3. The summed E-state index contributed by atoms with van der Waals surface area (Å²) in [6, 6.07) is 3.57. The Morgan fingerprint density at radius 2 is 2.23 bits per heavy atom. The minimum absolute atomic E-state index is 0.332. The molecule has 3 nitrogen and oxygen atoms in total. The predicted molar refractivity (Wildman–Crippen MR) is 54.6 cm³/mol. The van der Waals surface area contributed by atoms with E-state index in [-0.39, 0.29) is 0 Å². The molecule has 1 aliphatic rings. The topological polar surface area (TPSA) is 35.5 Å². The molecule has 0 saturated heterocycles. The Morgan fingerprint density at radius 3 is 3.00 bits per heavy atom. The van der Waals surface area contributed by atoms with Crippen LogP contribution in [0.25, 0.3) is 0 Å². The van der Waals surface area contributed by atoms with Crippen molar-refractivity contribution in [2.45, 2.75) is 6.92 Å². The van der Waals surface area contributed by atoms with Gasteiger partial charge in [-0.25, -0.2) is 0 Å². The lowest BCUT2D eigenvalue weighted by Crippen LogP contribution is -2.30. The molecule has 0 aliphatic carbocycles. The number of anilines is 2. The SMILES string of the molecule is Cc1cc(O)cc2c1N(C)CCN2. The molecule has 0 saturated carbocycles. The Balaban J connectivity index is 2.56. The number of aryl methyl sites for hydroxylation is 1. The molecular weight excluding hydrogens is 164 g/mol. The van der Waals surface area contributed by atoms with Gasteiger partial charge in [-0.05, 0) is 18.6 Å². The highest BCUT2D eigenvalue weighted by Gasteiger charge is 2.15. The number of fused-ring (bicyclic) bond motifs is 1. The van der Waals surface area contributed by atoms with Gasteiger partial charge >= 0.3 is 0 Å². The molecule has 0 atom stereocenters. The van der Waals surface area contributed by atoms with Crippen LogP contribution in [0.3, 0.4) is 0 Å². The van der Waals surface area contributed by atoms with Crippen LogP contribution in [0, 0.1) is 6.92 Å². The summed E-state index contributed by atoms with van der Waals surface area (Å²) in [4.78, 5) is 2.21. The molecule has 1 aromatic carbocycles. The average molecular weight is 178 g/mol. The zero-order valence-electron chi connectivity index (χ0n) is 7.96. The van der Waals surface area contributed by atoms with Gasteiger partial charge in [0.15, 0.2) is 0 Å². The van der Waals surface area contributed by atoms with Crippen LogP contribution in [0.15, 0.2) is 12.1 Å². The highest BCUT2D eigenvalue weighted by Crippen LogP contribution is 2.34. The van der Waals surface area contributed by atoms with Gasteiger partial charge in [0, 0.05) is 26.2 Å². The van der Waals surface area contributed by atoms with Crippen LogP contribution in [0.5, 0.6) is 5.75 Å². The van der Waals surface area contributed by atoms with Crippen LogP contribution in [-0.2, 0) is 0 Å². The number of nitrogens with zero attached hydrogens (tertiary/aromatic N) is 1. The number of benzene rings is 1. The van der Waals surface area contributed by atoms with Gasteiger partial charge < -0.3 is 15.3 Å². The molecular formula is C10H14N2O. The fourth-order valence-corrected chi connectivity index (χ4v) is 1.87. The Labute approximate surface area is 78.0 Å². The van der Waals surface area contributed by atoms with E-state index in [2.05, 4.69) is 17.3 Å². The second-order valence-corrected chi connectivity index (χ2v) is 3.51. The van der Waals surface area contributed by atoms with Crippen molar-refractivity contribution in [2.24, 2.45) is 0 Å². The number of phenols is 1. The van der Waals surface area contributed by atoms with Crippen molar-refractivity contribution in [3.05, 3.63) is 17.7 Å². The summed E-state index contributed by atoms with van der Waals surface area (Å²) in [5.74, 6) is 0.332. The standard InChI is InChI=1S/C10H14N2O/c1-7-5-8(13)6-9-10(7)12(2)4-3-11-9/h5-6,11,13H,3-4H2,1-2H3. The summed E-state index contributed by atoms with van der Waals surface area (Å²) in [6.45, 7) is 3.97. The van der Waals surface area contributed by atoms with Crippen molar-refractivity contribution >= 4 is 11.4 Å². The number of phenolic OH excluding ortho intramolecular Hbond substituents is 1. The molecule has 0 fully saturated rings. The fourth-order valence-electron chi connectivity index (χ4n) is 1.87. The maximum Gasteiger partial charge on any atom is 0.118 e. The van der Waals surface area contributed by atoms with E-state index in [0.717, 1.165) is 24.3 Å². The zero-order valence-corrected chi connectivity index (χ0v) is 7.96. The van der Waals surface area contributed by atoms with Crippen LogP contribution in [0.2, 0.25) is 0 Å². The van der Waals surface area contributed by atoms with Gasteiger partial charge in [0.05, 0.1) is 11.4 Å². The van der Waals surface area contributed by atoms with E-state index in [1.807, 2.05) is 6.92 Å². The van der Waals surface area contributed by atoms with Crippen LogP contribution < -0.4 is 10.2 Å². The average Bonchev–Trinajstić information content (AvgIpc) is 2.02. The van der Waals surface area contributed by atoms with Gasteiger partial charge in [0.1, 0.15) is 5.75 Å². The lowest BCUT2D eigenvalue weighted by molar-refractivity contribution is 0.475. The minimum atomic E-state index is 0.332. The van der Waals surface area contributed by atoms with E-state index in [1.165, 1.54) is 5.69 Å². The molecule has 0 unspecified atom stereocenters. The maximum atomic E-state index is 9.40. The molecule has 2 rings (SSSR count). The number of nitrogens with one attached hydrogen (secondary N) is 1. The quantitative estimate of drug-likeness (QED) is 0.633. The number of hydrogen-bond donors (Lipinski definition) is 2. The van der Waals surface area contributed by atoms with Gasteiger partial charge in [-0.2, -0.15) is 0 Å². The molecule has 0 aromatic heterocycles. The van der Waals surface area contributed by atoms with Gasteiger partial charge in [-0.15, -0.1) is 0 Å². The van der Waals surface area contributed by atoms with Crippen molar-refractivity contribution in [2.75, 3.05) is 30.4 Å². The molecule has 3 heteroatoms. The third kappa shape index (κ3) is 1.30. The maximum absolute atomic E-state index is 9.40. The largest absolute Gasteiger partial charge is 0.508 e. The van der Waals surface area contributed by atoms with Crippen LogP contribution in [-0.4, -0.2) is 25.2 Å². The van der Waals surface area contributed by atoms with E-state index in [0.29, 0.717) is 5.75 Å².